The Morgan fingerprint density at radius 3 is 2.61 bits per heavy atom. The van der Waals surface area contributed by atoms with Gasteiger partial charge in [0, 0.05) is 13.1 Å². The highest BCUT2D eigenvalue weighted by molar-refractivity contribution is 5.94. The van der Waals surface area contributed by atoms with Gasteiger partial charge in [0.1, 0.15) is 11.4 Å². The standard InChI is InChI=1S/C18H24N2O3/c1-13-8-11-20(12-18(13)9-3-2-4-10-18)16(21)14-6-5-7-15(19-14)17(22)23/h5-7,13H,2-4,8-12H2,1H3,(H,22,23). The molecular formula is C18H24N2O3. The number of rotatable bonds is 2. The Labute approximate surface area is 136 Å². The molecule has 2 fully saturated rings. The number of carbonyl (C=O) groups is 2. The maximum absolute atomic E-state index is 12.8. The van der Waals surface area contributed by atoms with Gasteiger partial charge in [0.05, 0.1) is 0 Å². The fourth-order valence-corrected chi connectivity index (χ4v) is 4.19. The van der Waals surface area contributed by atoms with Crippen LogP contribution in [-0.2, 0) is 0 Å². The normalized spacial score (nSPS) is 23.7. The van der Waals surface area contributed by atoms with E-state index in [-0.39, 0.29) is 22.7 Å². The molecule has 23 heavy (non-hydrogen) atoms. The number of carbonyl (C=O) groups excluding carboxylic acids is 1. The van der Waals surface area contributed by atoms with Crippen LogP contribution in [0.3, 0.4) is 0 Å². The maximum Gasteiger partial charge on any atom is 0.354 e. The third-order valence-electron chi connectivity index (χ3n) is 5.71. The Morgan fingerprint density at radius 2 is 1.91 bits per heavy atom. The van der Waals surface area contributed by atoms with E-state index < -0.39 is 5.97 Å². The molecule has 1 aromatic rings. The van der Waals surface area contributed by atoms with Crippen molar-refractivity contribution in [3.8, 4) is 0 Å². The van der Waals surface area contributed by atoms with Crippen LogP contribution < -0.4 is 0 Å². The minimum absolute atomic E-state index is 0.0754. The summed E-state index contributed by atoms with van der Waals surface area (Å²) in [5.41, 5.74) is 0.412. The number of amides is 1. The number of aromatic carboxylic acids is 1. The number of hydrogen-bond acceptors (Lipinski definition) is 3. The number of carboxylic acids is 1. The number of likely N-dealkylation sites (tertiary alicyclic amines) is 1. The maximum atomic E-state index is 12.8. The van der Waals surface area contributed by atoms with E-state index in [2.05, 4.69) is 11.9 Å². The van der Waals surface area contributed by atoms with Crippen LogP contribution in [-0.4, -0.2) is 40.0 Å². The second-order valence-electron chi connectivity index (χ2n) is 7.05. The summed E-state index contributed by atoms with van der Waals surface area (Å²) in [5.74, 6) is -0.592. The predicted molar refractivity (Wildman–Crippen MR) is 86.4 cm³/mol. The van der Waals surface area contributed by atoms with Crippen molar-refractivity contribution >= 4 is 11.9 Å². The summed E-state index contributed by atoms with van der Waals surface area (Å²) >= 11 is 0. The fourth-order valence-electron chi connectivity index (χ4n) is 4.19. The SMILES string of the molecule is CC1CCN(C(=O)c2cccc(C(=O)O)n2)CC12CCCCC2. The topological polar surface area (TPSA) is 70.5 Å². The Bertz CT molecular complexity index is 608. The highest BCUT2D eigenvalue weighted by Gasteiger charge is 2.43. The lowest BCUT2D eigenvalue weighted by atomic mass is 9.63. The van der Waals surface area contributed by atoms with Gasteiger partial charge >= 0.3 is 5.97 Å². The van der Waals surface area contributed by atoms with Gasteiger partial charge in [-0.1, -0.05) is 32.3 Å². The summed E-state index contributed by atoms with van der Waals surface area (Å²) < 4.78 is 0. The molecule has 2 heterocycles. The van der Waals surface area contributed by atoms with Crippen molar-refractivity contribution in [2.24, 2.45) is 11.3 Å². The first-order valence-corrected chi connectivity index (χ1v) is 8.51. The fraction of sp³-hybridized carbons (Fsp3) is 0.611. The molecule has 1 saturated heterocycles. The highest BCUT2D eigenvalue weighted by Crippen LogP contribution is 2.46. The van der Waals surface area contributed by atoms with E-state index in [4.69, 9.17) is 5.11 Å². The van der Waals surface area contributed by atoms with Crippen molar-refractivity contribution in [3.63, 3.8) is 0 Å². The quantitative estimate of drug-likeness (QED) is 0.909. The molecule has 5 nitrogen and oxygen atoms in total. The van der Waals surface area contributed by atoms with E-state index in [1.54, 1.807) is 12.1 Å². The molecule has 1 amide bonds. The zero-order chi connectivity index (χ0) is 16.4. The molecule has 0 radical (unpaired) electrons. The molecule has 1 unspecified atom stereocenters. The minimum Gasteiger partial charge on any atom is -0.477 e. The molecule has 1 aliphatic carbocycles. The summed E-state index contributed by atoms with van der Waals surface area (Å²) in [5, 5.41) is 9.05. The smallest absolute Gasteiger partial charge is 0.354 e. The zero-order valence-electron chi connectivity index (χ0n) is 13.6. The molecule has 2 aliphatic rings. The van der Waals surface area contributed by atoms with E-state index >= 15 is 0 Å². The molecule has 1 atom stereocenters. The molecule has 1 N–H and O–H groups in total. The van der Waals surface area contributed by atoms with Gasteiger partial charge in [-0.2, -0.15) is 0 Å². The number of pyridine rings is 1. The number of aromatic nitrogens is 1. The molecule has 0 aromatic carbocycles. The van der Waals surface area contributed by atoms with Crippen molar-refractivity contribution in [2.45, 2.75) is 45.4 Å². The lowest BCUT2D eigenvalue weighted by molar-refractivity contribution is 0.00652. The summed E-state index contributed by atoms with van der Waals surface area (Å²) in [6, 6.07) is 4.62. The monoisotopic (exact) mass is 316 g/mol. The van der Waals surface area contributed by atoms with Crippen LogP contribution in [0.2, 0.25) is 0 Å². The first-order chi connectivity index (χ1) is 11.0. The van der Waals surface area contributed by atoms with Crippen LogP contribution in [0.15, 0.2) is 18.2 Å². The van der Waals surface area contributed by atoms with Gasteiger partial charge < -0.3 is 10.0 Å². The van der Waals surface area contributed by atoms with E-state index in [0.29, 0.717) is 5.92 Å². The van der Waals surface area contributed by atoms with E-state index in [0.717, 1.165) is 19.5 Å². The molecule has 0 bridgehead atoms. The van der Waals surface area contributed by atoms with Crippen LogP contribution in [0.1, 0.15) is 66.4 Å². The average molecular weight is 316 g/mol. The van der Waals surface area contributed by atoms with Gasteiger partial charge in [-0.25, -0.2) is 9.78 Å². The summed E-state index contributed by atoms with van der Waals surface area (Å²) in [4.78, 5) is 29.7. The number of nitrogens with zero attached hydrogens (tertiary/aromatic N) is 2. The Morgan fingerprint density at radius 1 is 1.22 bits per heavy atom. The van der Waals surface area contributed by atoms with Gasteiger partial charge in [-0.3, -0.25) is 4.79 Å². The molecule has 1 saturated carbocycles. The number of piperidine rings is 1. The van der Waals surface area contributed by atoms with Crippen molar-refractivity contribution in [1.82, 2.24) is 9.88 Å². The van der Waals surface area contributed by atoms with Crippen LogP contribution in [0, 0.1) is 11.3 Å². The Kier molecular flexibility index (Phi) is 4.37. The van der Waals surface area contributed by atoms with E-state index in [1.165, 1.54) is 38.2 Å². The zero-order valence-corrected chi connectivity index (χ0v) is 13.6. The van der Waals surface area contributed by atoms with Crippen LogP contribution in [0.25, 0.3) is 0 Å². The first-order valence-electron chi connectivity index (χ1n) is 8.51. The van der Waals surface area contributed by atoms with Crippen LogP contribution in [0.5, 0.6) is 0 Å². The summed E-state index contributed by atoms with van der Waals surface area (Å²) in [6.45, 7) is 3.84. The Balaban J connectivity index is 1.79. The molecule has 1 aliphatic heterocycles. The van der Waals surface area contributed by atoms with E-state index in [9.17, 15) is 9.59 Å². The minimum atomic E-state index is -1.10. The van der Waals surface area contributed by atoms with Crippen LogP contribution >= 0.6 is 0 Å². The van der Waals surface area contributed by atoms with E-state index in [1.807, 2.05) is 4.90 Å². The lowest BCUT2D eigenvalue weighted by Crippen LogP contribution is -2.51. The third-order valence-corrected chi connectivity index (χ3v) is 5.71. The van der Waals surface area contributed by atoms with Gasteiger partial charge in [0.25, 0.3) is 5.91 Å². The van der Waals surface area contributed by atoms with Crippen molar-refractivity contribution in [2.75, 3.05) is 13.1 Å². The first kappa shape index (κ1) is 16.0. The lowest BCUT2D eigenvalue weighted by Gasteiger charge is -2.49. The molecular weight excluding hydrogens is 292 g/mol. The second kappa shape index (κ2) is 6.30. The second-order valence-corrected chi connectivity index (χ2v) is 7.05. The number of hydrogen-bond donors (Lipinski definition) is 1. The van der Waals surface area contributed by atoms with Gasteiger partial charge in [0.15, 0.2) is 0 Å². The number of carboxylic acid groups (broad SMARTS) is 1. The van der Waals surface area contributed by atoms with Crippen molar-refractivity contribution < 1.29 is 14.7 Å². The van der Waals surface area contributed by atoms with Gasteiger partial charge in [-0.15, -0.1) is 0 Å². The predicted octanol–water partition coefficient (Wildman–Crippen LogP) is 3.21. The van der Waals surface area contributed by atoms with Gasteiger partial charge in [-0.05, 0) is 42.7 Å². The summed E-state index contributed by atoms with van der Waals surface area (Å²) in [7, 11) is 0. The molecule has 5 heteroatoms. The Hall–Kier alpha value is -1.91. The highest BCUT2D eigenvalue weighted by atomic mass is 16.4. The summed E-state index contributed by atoms with van der Waals surface area (Å²) in [6.07, 6.45) is 7.20. The third kappa shape index (κ3) is 3.09. The molecule has 3 rings (SSSR count). The molecule has 124 valence electrons. The molecule has 1 spiro atoms. The van der Waals surface area contributed by atoms with Gasteiger partial charge in [0.2, 0.25) is 0 Å². The largest absolute Gasteiger partial charge is 0.477 e. The molecule has 1 aromatic heterocycles. The van der Waals surface area contributed by atoms with Crippen molar-refractivity contribution in [3.05, 3.63) is 29.6 Å². The average Bonchev–Trinajstić information content (AvgIpc) is 2.58. The van der Waals surface area contributed by atoms with Crippen molar-refractivity contribution in [1.29, 1.82) is 0 Å². The van der Waals surface area contributed by atoms with Crippen LogP contribution in [0.4, 0.5) is 0 Å².